The van der Waals surface area contributed by atoms with Gasteiger partial charge in [-0.15, -0.1) is 0 Å². The van der Waals surface area contributed by atoms with E-state index in [0.29, 0.717) is 11.3 Å². The first-order chi connectivity index (χ1) is 8.10. The molecular weight excluding hydrogens is 220 g/mol. The molecule has 1 fully saturated rings. The highest BCUT2D eigenvalue weighted by Gasteiger charge is 2.24. The van der Waals surface area contributed by atoms with E-state index in [1.165, 1.54) is 0 Å². The lowest BCUT2D eigenvalue weighted by molar-refractivity contribution is -0.130. The number of anilines is 1. The number of amides is 2. The maximum Gasteiger partial charge on any atom is 0.246 e. The van der Waals surface area contributed by atoms with Crippen LogP contribution < -0.4 is 10.2 Å². The second kappa shape index (κ2) is 4.37. The average Bonchev–Trinajstić information content (AvgIpc) is 2.27. The van der Waals surface area contributed by atoms with Gasteiger partial charge in [0, 0.05) is 11.3 Å². The number of nitrogens with one attached hydrogen (secondary N) is 1. The summed E-state index contributed by atoms with van der Waals surface area (Å²) in [5.41, 5.74) is 2.07. The lowest BCUT2D eigenvalue weighted by Gasteiger charge is -2.28. The Labute approximate surface area is 98.4 Å². The van der Waals surface area contributed by atoms with Crippen LogP contribution in [0.5, 0.6) is 0 Å². The average molecular weight is 232 g/mol. The highest BCUT2D eigenvalue weighted by Crippen LogP contribution is 2.21. The van der Waals surface area contributed by atoms with Crippen molar-refractivity contribution < 1.29 is 14.4 Å². The van der Waals surface area contributed by atoms with Gasteiger partial charge in [-0.2, -0.15) is 0 Å². The molecule has 5 nitrogen and oxygen atoms in total. The van der Waals surface area contributed by atoms with Crippen LogP contribution in [0.4, 0.5) is 5.69 Å². The van der Waals surface area contributed by atoms with Gasteiger partial charge >= 0.3 is 0 Å². The van der Waals surface area contributed by atoms with Gasteiger partial charge in [-0.3, -0.25) is 19.7 Å². The van der Waals surface area contributed by atoms with E-state index < -0.39 is 0 Å². The zero-order valence-electron chi connectivity index (χ0n) is 9.40. The van der Waals surface area contributed by atoms with Crippen LogP contribution in [0, 0.1) is 6.92 Å². The van der Waals surface area contributed by atoms with Crippen LogP contribution in [-0.4, -0.2) is 31.2 Å². The van der Waals surface area contributed by atoms with Gasteiger partial charge in [0.25, 0.3) is 0 Å². The predicted molar refractivity (Wildman–Crippen MR) is 61.9 cm³/mol. The van der Waals surface area contributed by atoms with Crippen molar-refractivity contribution in [1.82, 2.24) is 5.32 Å². The standard InChI is InChI=1S/C12H12N2O3/c1-8-2-3-10(9(4-8)7-15)14-5-11(16)13-12(17)6-14/h2-4,7H,5-6H2,1H3,(H,13,16,17). The first-order valence-corrected chi connectivity index (χ1v) is 5.23. The summed E-state index contributed by atoms with van der Waals surface area (Å²) in [6.07, 6.45) is 0.735. The van der Waals surface area contributed by atoms with E-state index in [2.05, 4.69) is 5.32 Å². The Hall–Kier alpha value is -2.17. The fraction of sp³-hybridized carbons (Fsp3) is 0.250. The van der Waals surface area contributed by atoms with Gasteiger partial charge in [-0.25, -0.2) is 0 Å². The van der Waals surface area contributed by atoms with E-state index in [0.717, 1.165) is 11.8 Å². The minimum atomic E-state index is -0.348. The molecule has 0 atom stereocenters. The molecule has 0 spiro atoms. The zero-order valence-corrected chi connectivity index (χ0v) is 9.40. The second-order valence-corrected chi connectivity index (χ2v) is 4.01. The zero-order chi connectivity index (χ0) is 12.4. The molecule has 5 heteroatoms. The highest BCUT2D eigenvalue weighted by molar-refractivity contribution is 6.03. The second-order valence-electron chi connectivity index (χ2n) is 4.01. The van der Waals surface area contributed by atoms with Crippen molar-refractivity contribution in [1.29, 1.82) is 0 Å². The summed E-state index contributed by atoms with van der Waals surface area (Å²) in [5.74, 6) is -0.697. The van der Waals surface area contributed by atoms with E-state index in [1.54, 1.807) is 17.0 Å². The summed E-state index contributed by atoms with van der Waals surface area (Å²) in [4.78, 5) is 35.1. The minimum Gasteiger partial charge on any atom is -0.352 e. The van der Waals surface area contributed by atoms with Crippen LogP contribution in [0.25, 0.3) is 0 Å². The van der Waals surface area contributed by atoms with Gasteiger partial charge in [-0.1, -0.05) is 11.6 Å². The Bertz CT molecular complexity index is 481. The van der Waals surface area contributed by atoms with E-state index in [4.69, 9.17) is 0 Å². The Kier molecular flexibility index (Phi) is 2.91. The molecule has 2 rings (SSSR count). The summed E-state index contributed by atoms with van der Waals surface area (Å²) >= 11 is 0. The third-order valence-electron chi connectivity index (χ3n) is 2.60. The van der Waals surface area contributed by atoms with Crippen LogP contribution >= 0.6 is 0 Å². The molecule has 0 radical (unpaired) electrons. The summed E-state index contributed by atoms with van der Waals surface area (Å²) < 4.78 is 0. The molecule has 1 aliphatic heterocycles. The number of aryl methyl sites for hydroxylation is 1. The van der Waals surface area contributed by atoms with E-state index in [-0.39, 0.29) is 24.9 Å². The number of imide groups is 1. The van der Waals surface area contributed by atoms with E-state index in [1.807, 2.05) is 13.0 Å². The number of hydrogen-bond donors (Lipinski definition) is 1. The van der Waals surface area contributed by atoms with Gasteiger partial charge in [-0.05, 0) is 19.1 Å². The molecule has 1 heterocycles. The Morgan fingerprint density at radius 2 is 1.88 bits per heavy atom. The Balaban J connectivity index is 2.36. The van der Waals surface area contributed by atoms with Gasteiger partial charge in [0.05, 0.1) is 13.1 Å². The van der Waals surface area contributed by atoms with Crippen molar-refractivity contribution in [2.24, 2.45) is 0 Å². The fourth-order valence-corrected chi connectivity index (χ4v) is 1.86. The number of rotatable bonds is 2. The number of hydrogen-bond acceptors (Lipinski definition) is 4. The normalized spacial score (nSPS) is 15.7. The number of carbonyl (C=O) groups excluding carboxylic acids is 3. The first kappa shape index (κ1) is 11.3. The van der Waals surface area contributed by atoms with Crippen molar-refractivity contribution in [2.45, 2.75) is 6.92 Å². The van der Waals surface area contributed by atoms with Crippen molar-refractivity contribution in [3.05, 3.63) is 29.3 Å². The fourth-order valence-electron chi connectivity index (χ4n) is 1.86. The molecule has 1 N–H and O–H groups in total. The van der Waals surface area contributed by atoms with E-state index in [9.17, 15) is 14.4 Å². The summed E-state index contributed by atoms with van der Waals surface area (Å²) in [6.45, 7) is 2.07. The van der Waals surface area contributed by atoms with Gasteiger partial charge in [0.1, 0.15) is 0 Å². The van der Waals surface area contributed by atoms with Crippen LogP contribution in [-0.2, 0) is 9.59 Å². The number of benzene rings is 1. The third-order valence-corrected chi connectivity index (χ3v) is 2.60. The topological polar surface area (TPSA) is 66.5 Å². The summed E-state index contributed by atoms with van der Waals surface area (Å²) in [7, 11) is 0. The van der Waals surface area contributed by atoms with Crippen molar-refractivity contribution >= 4 is 23.8 Å². The molecule has 0 unspecified atom stereocenters. The molecule has 0 aromatic heterocycles. The van der Waals surface area contributed by atoms with Crippen LogP contribution in [0.1, 0.15) is 15.9 Å². The van der Waals surface area contributed by atoms with Crippen LogP contribution in [0.3, 0.4) is 0 Å². The molecule has 88 valence electrons. The number of carbonyl (C=O) groups is 3. The van der Waals surface area contributed by atoms with Crippen molar-refractivity contribution in [3.8, 4) is 0 Å². The predicted octanol–water partition coefficient (Wildman–Crippen LogP) is 0.270. The molecule has 2 amide bonds. The molecular formula is C12H12N2O3. The van der Waals surface area contributed by atoms with Crippen molar-refractivity contribution in [2.75, 3.05) is 18.0 Å². The lowest BCUT2D eigenvalue weighted by atomic mass is 10.1. The molecule has 17 heavy (non-hydrogen) atoms. The molecule has 0 bridgehead atoms. The molecule has 1 aromatic rings. The largest absolute Gasteiger partial charge is 0.352 e. The monoisotopic (exact) mass is 232 g/mol. The lowest BCUT2D eigenvalue weighted by Crippen LogP contribution is -2.51. The summed E-state index contributed by atoms with van der Waals surface area (Å²) in [5, 5.41) is 2.22. The SMILES string of the molecule is Cc1ccc(N2CC(=O)NC(=O)C2)c(C=O)c1. The Morgan fingerprint density at radius 1 is 1.24 bits per heavy atom. The Morgan fingerprint density at radius 3 is 2.47 bits per heavy atom. The van der Waals surface area contributed by atoms with E-state index >= 15 is 0 Å². The van der Waals surface area contributed by atoms with Gasteiger partial charge in [0.2, 0.25) is 11.8 Å². The first-order valence-electron chi connectivity index (χ1n) is 5.23. The van der Waals surface area contributed by atoms with Gasteiger partial charge < -0.3 is 4.90 Å². The molecule has 1 aliphatic rings. The maximum absolute atomic E-state index is 11.3. The maximum atomic E-state index is 11.3. The molecule has 1 saturated heterocycles. The van der Waals surface area contributed by atoms with Crippen LogP contribution in [0.15, 0.2) is 18.2 Å². The molecule has 0 saturated carbocycles. The smallest absolute Gasteiger partial charge is 0.246 e. The van der Waals surface area contributed by atoms with Crippen LogP contribution in [0.2, 0.25) is 0 Å². The van der Waals surface area contributed by atoms with Gasteiger partial charge in [0.15, 0.2) is 6.29 Å². The highest BCUT2D eigenvalue weighted by atomic mass is 16.2. The summed E-state index contributed by atoms with van der Waals surface area (Å²) in [6, 6.07) is 5.34. The molecule has 0 aliphatic carbocycles. The molecule has 1 aromatic carbocycles. The number of nitrogens with zero attached hydrogens (tertiary/aromatic N) is 1. The van der Waals surface area contributed by atoms with Crippen molar-refractivity contribution in [3.63, 3.8) is 0 Å². The quantitative estimate of drug-likeness (QED) is 0.587. The number of piperazine rings is 1. The third kappa shape index (κ3) is 2.33. The number of aldehydes is 1. The minimum absolute atomic E-state index is 0.0929.